The maximum atomic E-state index is 5.40. The highest BCUT2D eigenvalue weighted by Crippen LogP contribution is 2.06. The highest BCUT2D eigenvalue weighted by Gasteiger charge is 2.03. The van der Waals surface area contributed by atoms with E-state index in [0.717, 1.165) is 12.3 Å². The molecule has 2 N–H and O–H groups in total. The topological polar surface area (TPSA) is 41.6 Å². The van der Waals surface area contributed by atoms with Crippen LogP contribution in [0.1, 0.15) is 0 Å². The third kappa shape index (κ3) is 1.30. The van der Waals surface area contributed by atoms with Gasteiger partial charge in [-0.1, -0.05) is 11.8 Å². The van der Waals surface area contributed by atoms with E-state index in [0.29, 0.717) is 5.17 Å². The van der Waals surface area contributed by atoms with E-state index in [1.807, 2.05) is 12.1 Å². The molecule has 0 fully saturated rings. The molecule has 0 aromatic carbocycles. The summed E-state index contributed by atoms with van der Waals surface area (Å²) in [4.78, 5) is 0. The van der Waals surface area contributed by atoms with Gasteiger partial charge in [-0.15, -0.1) is 0 Å². The fraction of sp³-hybridized carbons (Fsp3) is 0.750. The first-order valence-corrected chi connectivity index (χ1v) is 3.45. The van der Waals surface area contributed by atoms with Gasteiger partial charge < -0.3 is 5.73 Å². The second kappa shape index (κ2) is 2.26. The summed E-state index contributed by atoms with van der Waals surface area (Å²) < 4.78 is 0. The standard InChI is InChI=1S/C4H9N3S/c1-7-2-3-8-4(5)6-7/h2-3H2,1H3,(H2,5,6). The second-order valence-electron chi connectivity index (χ2n) is 1.67. The van der Waals surface area contributed by atoms with Gasteiger partial charge in [-0.25, -0.2) is 0 Å². The first-order valence-electron chi connectivity index (χ1n) is 2.47. The van der Waals surface area contributed by atoms with Gasteiger partial charge >= 0.3 is 0 Å². The Bertz CT molecular complexity index is 112. The van der Waals surface area contributed by atoms with E-state index in [9.17, 15) is 0 Å². The molecule has 1 heterocycles. The van der Waals surface area contributed by atoms with Crippen LogP contribution in [-0.2, 0) is 0 Å². The average Bonchev–Trinajstić information content (AvgIpc) is 1.64. The molecule has 0 atom stereocenters. The summed E-state index contributed by atoms with van der Waals surface area (Å²) >= 11 is 1.61. The number of nitrogens with zero attached hydrogens (tertiary/aromatic N) is 2. The third-order valence-electron chi connectivity index (χ3n) is 0.934. The van der Waals surface area contributed by atoms with Crippen LogP contribution in [0.15, 0.2) is 5.10 Å². The molecule has 0 radical (unpaired) electrons. The number of rotatable bonds is 0. The number of hydrogen-bond donors (Lipinski definition) is 1. The van der Waals surface area contributed by atoms with Crippen molar-refractivity contribution in [1.29, 1.82) is 0 Å². The molecule has 8 heavy (non-hydrogen) atoms. The van der Waals surface area contributed by atoms with Crippen LogP contribution in [0.4, 0.5) is 0 Å². The molecule has 1 aliphatic rings. The Morgan fingerprint density at radius 3 is 3.00 bits per heavy atom. The Morgan fingerprint density at radius 1 is 1.88 bits per heavy atom. The molecule has 0 aromatic rings. The zero-order chi connectivity index (χ0) is 5.98. The van der Waals surface area contributed by atoms with Crippen LogP contribution in [0.25, 0.3) is 0 Å². The Kier molecular flexibility index (Phi) is 1.62. The van der Waals surface area contributed by atoms with Crippen molar-refractivity contribution in [3.63, 3.8) is 0 Å². The van der Waals surface area contributed by atoms with Crippen molar-refractivity contribution in [1.82, 2.24) is 5.01 Å². The third-order valence-corrected chi connectivity index (χ3v) is 1.70. The summed E-state index contributed by atoms with van der Waals surface area (Å²) in [6.45, 7) is 1.01. The number of hydrogen-bond acceptors (Lipinski definition) is 4. The fourth-order valence-electron chi connectivity index (χ4n) is 0.529. The van der Waals surface area contributed by atoms with Crippen LogP contribution in [0.2, 0.25) is 0 Å². The minimum Gasteiger partial charge on any atom is -0.377 e. The van der Waals surface area contributed by atoms with E-state index in [1.54, 1.807) is 11.8 Å². The highest BCUT2D eigenvalue weighted by atomic mass is 32.2. The normalized spacial score (nSPS) is 20.6. The van der Waals surface area contributed by atoms with E-state index in [-0.39, 0.29) is 0 Å². The van der Waals surface area contributed by atoms with Crippen LogP contribution in [0, 0.1) is 0 Å². The molecule has 1 rings (SSSR count). The summed E-state index contributed by atoms with van der Waals surface area (Å²) in [6.07, 6.45) is 0. The second-order valence-corrected chi connectivity index (χ2v) is 2.78. The lowest BCUT2D eigenvalue weighted by atomic mass is 10.7. The summed E-state index contributed by atoms with van der Waals surface area (Å²) in [5.41, 5.74) is 5.40. The first kappa shape index (κ1) is 5.75. The number of thioether (sulfide) groups is 1. The van der Waals surface area contributed by atoms with E-state index < -0.39 is 0 Å². The first-order chi connectivity index (χ1) is 3.79. The average molecular weight is 131 g/mol. The van der Waals surface area contributed by atoms with Crippen molar-refractivity contribution in [2.75, 3.05) is 19.3 Å². The zero-order valence-electron chi connectivity index (χ0n) is 4.79. The van der Waals surface area contributed by atoms with Gasteiger partial charge in [0.15, 0.2) is 5.17 Å². The lowest BCUT2D eigenvalue weighted by Gasteiger charge is -2.17. The lowest BCUT2D eigenvalue weighted by molar-refractivity contribution is 0.376. The lowest BCUT2D eigenvalue weighted by Crippen LogP contribution is -2.25. The summed E-state index contributed by atoms with van der Waals surface area (Å²) in [6, 6.07) is 0. The molecular formula is C4H9N3S. The van der Waals surface area contributed by atoms with E-state index in [2.05, 4.69) is 5.10 Å². The van der Waals surface area contributed by atoms with Gasteiger partial charge in [0.1, 0.15) is 0 Å². The molecule has 4 heteroatoms. The highest BCUT2D eigenvalue weighted by molar-refractivity contribution is 8.13. The minimum atomic E-state index is 0.679. The molecule has 0 aliphatic carbocycles. The Morgan fingerprint density at radius 2 is 2.62 bits per heavy atom. The van der Waals surface area contributed by atoms with Crippen molar-refractivity contribution in [2.24, 2.45) is 10.8 Å². The summed E-state index contributed by atoms with van der Waals surface area (Å²) in [7, 11) is 1.92. The maximum Gasteiger partial charge on any atom is 0.178 e. The molecule has 0 amide bonds. The number of hydrazone groups is 1. The van der Waals surface area contributed by atoms with Crippen LogP contribution >= 0.6 is 11.8 Å². The molecule has 0 saturated carbocycles. The Hall–Kier alpha value is -0.380. The monoisotopic (exact) mass is 131 g/mol. The predicted octanol–water partition coefficient (Wildman–Crippen LogP) is -0.105. The summed E-state index contributed by atoms with van der Waals surface area (Å²) in [5, 5.41) is 6.51. The van der Waals surface area contributed by atoms with Crippen molar-refractivity contribution >= 4 is 16.9 Å². The quantitative estimate of drug-likeness (QED) is 0.499. The molecule has 3 nitrogen and oxygen atoms in total. The fourth-order valence-corrected chi connectivity index (χ4v) is 1.29. The van der Waals surface area contributed by atoms with Gasteiger partial charge in [-0.05, 0) is 0 Å². The Balaban J connectivity index is 2.50. The predicted molar refractivity (Wildman–Crippen MR) is 36.7 cm³/mol. The van der Waals surface area contributed by atoms with Crippen molar-refractivity contribution in [3.05, 3.63) is 0 Å². The molecule has 0 spiro atoms. The van der Waals surface area contributed by atoms with E-state index in [1.165, 1.54) is 0 Å². The van der Waals surface area contributed by atoms with Crippen LogP contribution < -0.4 is 5.73 Å². The number of nitrogens with two attached hydrogens (primary N) is 1. The van der Waals surface area contributed by atoms with Gasteiger partial charge in [0, 0.05) is 19.3 Å². The largest absolute Gasteiger partial charge is 0.377 e. The van der Waals surface area contributed by atoms with E-state index >= 15 is 0 Å². The minimum absolute atomic E-state index is 0.679. The number of amidine groups is 1. The van der Waals surface area contributed by atoms with Gasteiger partial charge in [0.25, 0.3) is 0 Å². The van der Waals surface area contributed by atoms with Crippen molar-refractivity contribution in [3.8, 4) is 0 Å². The molecule has 0 unspecified atom stereocenters. The molecule has 0 saturated heterocycles. The maximum absolute atomic E-state index is 5.40. The molecule has 1 aliphatic heterocycles. The van der Waals surface area contributed by atoms with Crippen molar-refractivity contribution in [2.45, 2.75) is 0 Å². The molecule has 0 aromatic heterocycles. The Labute approximate surface area is 52.9 Å². The van der Waals surface area contributed by atoms with Crippen LogP contribution in [0.5, 0.6) is 0 Å². The van der Waals surface area contributed by atoms with Gasteiger partial charge in [-0.3, -0.25) is 5.01 Å². The zero-order valence-corrected chi connectivity index (χ0v) is 5.61. The van der Waals surface area contributed by atoms with Crippen LogP contribution in [-0.4, -0.2) is 29.5 Å². The molecule has 0 bridgehead atoms. The van der Waals surface area contributed by atoms with Crippen LogP contribution in [0.3, 0.4) is 0 Å². The van der Waals surface area contributed by atoms with Gasteiger partial charge in [0.2, 0.25) is 0 Å². The molecule has 46 valence electrons. The van der Waals surface area contributed by atoms with E-state index in [4.69, 9.17) is 5.73 Å². The summed E-state index contributed by atoms with van der Waals surface area (Å²) in [5.74, 6) is 1.06. The van der Waals surface area contributed by atoms with Gasteiger partial charge in [0.05, 0.1) is 0 Å². The SMILES string of the molecule is CN1CCSC(N)=N1. The van der Waals surface area contributed by atoms with Crippen molar-refractivity contribution < 1.29 is 0 Å². The molecular weight excluding hydrogens is 122 g/mol. The smallest absolute Gasteiger partial charge is 0.178 e. The van der Waals surface area contributed by atoms with Gasteiger partial charge in [-0.2, -0.15) is 5.10 Å².